The van der Waals surface area contributed by atoms with Gasteiger partial charge in [-0.3, -0.25) is 13.8 Å². The molecule has 8 aromatic rings. The zero-order valence-corrected chi connectivity index (χ0v) is 21.2. The zero-order valence-electron chi connectivity index (χ0n) is 20.4. The van der Waals surface area contributed by atoms with Gasteiger partial charge in [0.05, 0.1) is 21.1 Å². The first-order chi connectivity index (χ1) is 19.3. The second-order valence-electron chi connectivity index (χ2n) is 9.17. The number of hydrogen-bond donors (Lipinski definition) is 0. The lowest BCUT2D eigenvalue weighted by atomic mass is 10.2. The van der Waals surface area contributed by atoms with Crippen molar-refractivity contribution in [3.63, 3.8) is 0 Å². The van der Waals surface area contributed by atoms with Crippen molar-refractivity contribution in [1.82, 2.24) is 28.9 Å². The average molecular weight is 523 g/mol. The van der Waals surface area contributed by atoms with Crippen LogP contribution in [0.4, 0.5) is 0 Å². The third kappa shape index (κ3) is 3.32. The number of hydrogen-bond acceptors (Lipinski definition) is 6. The van der Waals surface area contributed by atoms with E-state index in [1.165, 1.54) is 11.3 Å². The normalized spacial score (nSPS) is 11.7. The van der Waals surface area contributed by atoms with Gasteiger partial charge in [-0.1, -0.05) is 102 Å². The third-order valence-electron chi connectivity index (χ3n) is 6.85. The number of para-hydroxylation sites is 2. The van der Waals surface area contributed by atoms with E-state index >= 15 is 0 Å². The minimum Gasteiger partial charge on any atom is -0.268 e. The molecule has 4 heterocycles. The number of fused-ring (bicyclic) bond motifs is 6. The van der Waals surface area contributed by atoms with Crippen LogP contribution in [-0.2, 0) is 0 Å². The van der Waals surface area contributed by atoms with Gasteiger partial charge in [0.2, 0.25) is 5.95 Å². The molecule has 0 bridgehead atoms. The Bertz CT molecular complexity index is 2190. The van der Waals surface area contributed by atoms with Crippen molar-refractivity contribution >= 4 is 48.5 Å². The van der Waals surface area contributed by atoms with Crippen molar-refractivity contribution in [1.29, 1.82) is 0 Å². The molecule has 184 valence electrons. The number of nitrogens with zero attached hydrogens (tertiary/aromatic N) is 6. The summed E-state index contributed by atoms with van der Waals surface area (Å²) in [4.78, 5) is 34.4. The maximum absolute atomic E-state index is 14.1. The predicted octanol–water partition coefficient (Wildman–Crippen LogP) is 6.53. The van der Waals surface area contributed by atoms with Gasteiger partial charge in [0, 0.05) is 16.5 Å². The predicted molar refractivity (Wildman–Crippen MR) is 155 cm³/mol. The molecule has 8 rings (SSSR count). The second kappa shape index (κ2) is 8.41. The van der Waals surface area contributed by atoms with Crippen LogP contribution in [0.1, 0.15) is 0 Å². The number of aromatic nitrogens is 6. The molecule has 4 aromatic carbocycles. The molecule has 0 saturated carbocycles. The molecular formula is C31H18N6OS. The van der Waals surface area contributed by atoms with Crippen molar-refractivity contribution in [3.05, 3.63) is 120 Å². The quantitative estimate of drug-likeness (QED) is 0.264. The molecule has 0 aliphatic carbocycles. The summed E-state index contributed by atoms with van der Waals surface area (Å²) >= 11 is 1.49. The van der Waals surface area contributed by atoms with Gasteiger partial charge < -0.3 is 0 Å². The topological polar surface area (TPSA) is 78.0 Å². The molecule has 0 radical (unpaired) electrons. The van der Waals surface area contributed by atoms with Gasteiger partial charge in [0.1, 0.15) is 0 Å². The standard InChI is InChI=1S/C31H18N6OS/c38-29-25-21-15-7-8-16-22(21)36(28(25)35-31-37(29)23-17-9-10-18-24(23)39-31)30-33-26(19-11-3-1-4-12-19)32-27(34-30)20-13-5-2-6-14-20/h1-18H. The van der Waals surface area contributed by atoms with Gasteiger partial charge in [-0.25, -0.2) is 9.97 Å². The fourth-order valence-electron chi connectivity index (χ4n) is 5.09. The first-order valence-corrected chi connectivity index (χ1v) is 13.3. The maximum Gasteiger partial charge on any atom is 0.269 e. The monoisotopic (exact) mass is 522 g/mol. The van der Waals surface area contributed by atoms with Crippen molar-refractivity contribution in [2.45, 2.75) is 0 Å². The van der Waals surface area contributed by atoms with E-state index in [0.29, 0.717) is 33.6 Å². The number of rotatable bonds is 3. The molecule has 0 atom stereocenters. The fraction of sp³-hybridized carbons (Fsp3) is 0. The molecule has 0 aliphatic rings. The van der Waals surface area contributed by atoms with Crippen LogP contribution in [0.3, 0.4) is 0 Å². The van der Waals surface area contributed by atoms with Crippen LogP contribution in [0.25, 0.3) is 65.8 Å². The minimum atomic E-state index is -0.108. The lowest BCUT2D eigenvalue weighted by molar-refractivity contribution is 0.943. The Hall–Kier alpha value is -5.21. The third-order valence-corrected chi connectivity index (χ3v) is 7.88. The van der Waals surface area contributed by atoms with Crippen LogP contribution in [0.2, 0.25) is 0 Å². The van der Waals surface area contributed by atoms with E-state index in [4.69, 9.17) is 19.9 Å². The summed E-state index contributed by atoms with van der Waals surface area (Å²) in [5, 5.41) is 1.34. The summed E-state index contributed by atoms with van der Waals surface area (Å²) in [5.74, 6) is 1.50. The Labute approximate surface area is 225 Å². The van der Waals surface area contributed by atoms with E-state index in [2.05, 4.69) is 0 Å². The Balaban J connectivity index is 1.51. The summed E-state index contributed by atoms with van der Waals surface area (Å²) in [6.07, 6.45) is 0. The maximum atomic E-state index is 14.1. The van der Waals surface area contributed by atoms with Gasteiger partial charge in [-0.05, 0) is 18.2 Å². The van der Waals surface area contributed by atoms with Gasteiger partial charge in [-0.15, -0.1) is 0 Å². The van der Waals surface area contributed by atoms with Gasteiger partial charge in [-0.2, -0.15) is 9.97 Å². The van der Waals surface area contributed by atoms with E-state index in [1.54, 1.807) is 4.40 Å². The summed E-state index contributed by atoms with van der Waals surface area (Å²) < 4.78 is 4.59. The van der Waals surface area contributed by atoms with Gasteiger partial charge >= 0.3 is 0 Å². The molecule has 0 spiro atoms. The van der Waals surface area contributed by atoms with Crippen molar-refractivity contribution in [2.24, 2.45) is 0 Å². The molecule has 7 nitrogen and oxygen atoms in total. The lowest BCUT2D eigenvalue weighted by Crippen LogP contribution is -2.14. The SMILES string of the molecule is O=c1c2c3ccccc3n(-c3nc(-c4ccccc4)nc(-c4ccccc4)n3)c2nc2sc3ccccc3n12. The van der Waals surface area contributed by atoms with E-state index < -0.39 is 0 Å². The van der Waals surface area contributed by atoms with Gasteiger partial charge in [0.25, 0.3) is 5.56 Å². The van der Waals surface area contributed by atoms with E-state index in [-0.39, 0.29) is 5.56 Å². The Morgan fingerprint density at radius 1 is 0.590 bits per heavy atom. The summed E-state index contributed by atoms with van der Waals surface area (Å²) in [7, 11) is 0. The van der Waals surface area contributed by atoms with Crippen molar-refractivity contribution in [2.75, 3.05) is 0 Å². The molecular weight excluding hydrogens is 504 g/mol. The lowest BCUT2D eigenvalue weighted by Gasteiger charge is -2.10. The van der Waals surface area contributed by atoms with Gasteiger partial charge in [0.15, 0.2) is 22.3 Å². The first kappa shape index (κ1) is 21.8. The van der Waals surface area contributed by atoms with E-state index in [0.717, 1.165) is 32.2 Å². The smallest absolute Gasteiger partial charge is 0.268 e. The molecule has 0 aliphatic heterocycles. The second-order valence-corrected chi connectivity index (χ2v) is 10.2. The van der Waals surface area contributed by atoms with E-state index in [1.807, 2.05) is 114 Å². The van der Waals surface area contributed by atoms with Crippen LogP contribution in [0.15, 0.2) is 114 Å². The van der Waals surface area contributed by atoms with E-state index in [9.17, 15) is 4.79 Å². The molecule has 0 N–H and O–H groups in total. The Morgan fingerprint density at radius 2 is 1.18 bits per heavy atom. The summed E-state index contributed by atoms with van der Waals surface area (Å²) in [6, 6.07) is 35.4. The van der Waals surface area contributed by atoms with Crippen LogP contribution in [0, 0.1) is 0 Å². The summed E-state index contributed by atoms with van der Waals surface area (Å²) in [6.45, 7) is 0. The highest BCUT2D eigenvalue weighted by Gasteiger charge is 2.22. The highest BCUT2D eigenvalue weighted by atomic mass is 32.1. The molecule has 4 aromatic heterocycles. The molecule has 8 heteroatoms. The molecule has 0 saturated heterocycles. The van der Waals surface area contributed by atoms with Crippen LogP contribution in [-0.4, -0.2) is 28.9 Å². The first-order valence-electron chi connectivity index (χ1n) is 12.5. The Kier molecular flexibility index (Phi) is 4.71. The molecule has 0 amide bonds. The Morgan fingerprint density at radius 3 is 1.87 bits per heavy atom. The van der Waals surface area contributed by atoms with Crippen molar-refractivity contribution in [3.8, 4) is 28.7 Å². The van der Waals surface area contributed by atoms with Crippen LogP contribution < -0.4 is 5.56 Å². The van der Waals surface area contributed by atoms with Crippen molar-refractivity contribution < 1.29 is 0 Å². The zero-order chi connectivity index (χ0) is 25.9. The number of thiazole rings is 1. The summed E-state index contributed by atoms with van der Waals surface area (Å²) in [5.41, 5.74) is 3.83. The van der Waals surface area contributed by atoms with Crippen LogP contribution in [0.5, 0.6) is 0 Å². The largest absolute Gasteiger partial charge is 0.269 e. The average Bonchev–Trinajstić information content (AvgIpc) is 3.54. The highest BCUT2D eigenvalue weighted by Crippen LogP contribution is 2.32. The molecule has 0 unspecified atom stereocenters. The minimum absolute atomic E-state index is 0.108. The molecule has 39 heavy (non-hydrogen) atoms. The van der Waals surface area contributed by atoms with Crippen LogP contribution >= 0.6 is 11.3 Å². The molecule has 0 fully saturated rings. The number of benzene rings is 4. The fourth-order valence-corrected chi connectivity index (χ4v) is 6.10. The highest BCUT2D eigenvalue weighted by molar-refractivity contribution is 7.23.